The lowest BCUT2D eigenvalue weighted by atomic mass is 9.87. The van der Waals surface area contributed by atoms with Gasteiger partial charge in [0.25, 0.3) is 0 Å². The number of halogens is 4. The summed E-state index contributed by atoms with van der Waals surface area (Å²) in [6, 6.07) is 5.28. The van der Waals surface area contributed by atoms with Gasteiger partial charge in [0.05, 0.1) is 11.6 Å². The summed E-state index contributed by atoms with van der Waals surface area (Å²) in [6.07, 6.45) is 1.27. The Labute approximate surface area is 119 Å². The summed E-state index contributed by atoms with van der Waals surface area (Å²) in [5.41, 5.74) is 0. The maximum Gasteiger partial charge on any atom is 0.248 e. The van der Waals surface area contributed by atoms with E-state index >= 15 is 0 Å². The lowest BCUT2D eigenvalue weighted by molar-refractivity contribution is -0.0585. The third-order valence-corrected chi connectivity index (χ3v) is 3.92. The van der Waals surface area contributed by atoms with Gasteiger partial charge in [-0.05, 0) is 37.0 Å². The van der Waals surface area contributed by atoms with Crippen molar-refractivity contribution in [3.63, 3.8) is 0 Å². The van der Waals surface area contributed by atoms with Crippen LogP contribution in [0, 0.1) is 5.92 Å². The third-order valence-electron chi connectivity index (χ3n) is 3.11. The number of benzene rings is 1. The van der Waals surface area contributed by atoms with E-state index in [0.717, 1.165) is 10.9 Å². The third kappa shape index (κ3) is 3.82. The Kier molecular flexibility index (Phi) is 4.49. The van der Waals surface area contributed by atoms with Crippen LogP contribution in [0.15, 0.2) is 22.7 Å². The number of ether oxygens (including phenoxy) is 1. The summed E-state index contributed by atoms with van der Waals surface area (Å²) in [5, 5.41) is 0.501. The van der Waals surface area contributed by atoms with Gasteiger partial charge >= 0.3 is 0 Å². The first-order valence-corrected chi connectivity index (χ1v) is 7.09. The van der Waals surface area contributed by atoms with E-state index in [1.165, 1.54) is 0 Å². The zero-order valence-electron chi connectivity index (χ0n) is 9.77. The minimum absolute atomic E-state index is 0.00113. The van der Waals surface area contributed by atoms with E-state index in [2.05, 4.69) is 15.9 Å². The summed E-state index contributed by atoms with van der Waals surface area (Å²) in [4.78, 5) is 0. The van der Waals surface area contributed by atoms with Gasteiger partial charge in [-0.1, -0.05) is 27.5 Å². The first-order chi connectivity index (χ1) is 8.46. The molecule has 0 N–H and O–H groups in total. The average Bonchev–Trinajstić information content (AvgIpc) is 2.29. The topological polar surface area (TPSA) is 9.23 Å². The SMILES string of the molecule is FC1(F)CCCC(COc2cc(Br)ccc2Cl)C1. The van der Waals surface area contributed by atoms with Crippen molar-refractivity contribution in [2.45, 2.75) is 31.6 Å². The second-order valence-electron chi connectivity index (χ2n) is 4.70. The van der Waals surface area contributed by atoms with Gasteiger partial charge in [0.2, 0.25) is 5.92 Å². The molecule has 1 atom stereocenters. The van der Waals surface area contributed by atoms with Crippen LogP contribution in [0.1, 0.15) is 25.7 Å². The molecule has 18 heavy (non-hydrogen) atoms. The quantitative estimate of drug-likeness (QED) is 0.725. The van der Waals surface area contributed by atoms with Gasteiger partial charge in [-0.15, -0.1) is 0 Å². The maximum absolute atomic E-state index is 13.2. The molecule has 5 heteroatoms. The van der Waals surface area contributed by atoms with Crippen LogP contribution in [0.3, 0.4) is 0 Å². The first kappa shape index (κ1) is 14.1. The summed E-state index contributed by atoms with van der Waals surface area (Å²) in [6.45, 7) is 0.297. The molecular formula is C13H14BrClF2O. The van der Waals surface area contributed by atoms with Crippen molar-refractivity contribution in [2.75, 3.05) is 6.61 Å². The van der Waals surface area contributed by atoms with Gasteiger partial charge < -0.3 is 4.74 Å². The summed E-state index contributed by atoms with van der Waals surface area (Å²) < 4.78 is 32.9. The summed E-state index contributed by atoms with van der Waals surface area (Å²) in [5.74, 6) is -2.09. The summed E-state index contributed by atoms with van der Waals surface area (Å²) in [7, 11) is 0. The van der Waals surface area contributed by atoms with Crippen molar-refractivity contribution < 1.29 is 13.5 Å². The fourth-order valence-electron chi connectivity index (χ4n) is 2.21. The smallest absolute Gasteiger partial charge is 0.248 e. The highest BCUT2D eigenvalue weighted by atomic mass is 79.9. The van der Waals surface area contributed by atoms with Crippen LogP contribution in [0.2, 0.25) is 5.02 Å². The first-order valence-electron chi connectivity index (χ1n) is 5.92. The van der Waals surface area contributed by atoms with Crippen molar-refractivity contribution in [1.82, 2.24) is 0 Å². The molecule has 0 spiro atoms. The molecule has 1 fully saturated rings. The van der Waals surface area contributed by atoms with Crippen LogP contribution in [-0.4, -0.2) is 12.5 Å². The number of hydrogen-bond donors (Lipinski definition) is 0. The van der Waals surface area contributed by atoms with Crippen LogP contribution in [-0.2, 0) is 0 Å². The Morgan fingerprint density at radius 2 is 2.22 bits per heavy atom. The molecule has 0 amide bonds. The van der Waals surface area contributed by atoms with E-state index in [-0.39, 0.29) is 18.8 Å². The zero-order valence-corrected chi connectivity index (χ0v) is 12.1. The molecule has 1 aromatic rings. The highest BCUT2D eigenvalue weighted by Crippen LogP contribution is 2.37. The van der Waals surface area contributed by atoms with Gasteiger partial charge in [-0.25, -0.2) is 8.78 Å². The van der Waals surface area contributed by atoms with Gasteiger partial charge in [-0.3, -0.25) is 0 Å². The van der Waals surface area contributed by atoms with E-state index < -0.39 is 5.92 Å². The average molecular weight is 340 g/mol. The fraction of sp³-hybridized carbons (Fsp3) is 0.538. The Morgan fingerprint density at radius 3 is 2.94 bits per heavy atom. The van der Waals surface area contributed by atoms with Crippen LogP contribution in [0.5, 0.6) is 5.75 Å². The van der Waals surface area contributed by atoms with Crippen molar-refractivity contribution in [3.05, 3.63) is 27.7 Å². The van der Waals surface area contributed by atoms with Crippen LogP contribution in [0.4, 0.5) is 8.78 Å². The Hall–Kier alpha value is -0.350. The minimum atomic E-state index is -2.53. The molecule has 1 aliphatic carbocycles. The van der Waals surface area contributed by atoms with Crippen LogP contribution >= 0.6 is 27.5 Å². The molecule has 0 saturated heterocycles. The van der Waals surface area contributed by atoms with E-state index in [1.54, 1.807) is 12.1 Å². The predicted molar refractivity (Wildman–Crippen MR) is 71.6 cm³/mol. The van der Waals surface area contributed by atoms with Crippen molar-refractivity contribution in [3.8, 4) is 5.75 Å². The van der Waals surface area contributed by atoms with Gasteiger partial charge in [0, 0.05) is 17.3 Å². The second kappa shape index (κ2) is 5.74. The monoisotopic (exact) mass is 338 g/mol. The predicted octanol–water partition coefficient (Wildman–Crippen LogP) is 5.31. The van der Waals surface area contributed by atoms with Crippen LogP contribution < -0.4 is 4.74 Å². The molecular weight excluding hydrogens is 325 g/mol. The molecule has 0 bridgehead atoms. The van der Waals surface area contributed by atoms with Gasteiger partial charge in [-0.2, -0.15) is 0 Å². The van der Waals surface area contributed by atoms with Crippen LogP contribution in [0.25, 0.3) is 0 Å². The van der Waals surface area contributed by atoms with Gasteiger partial charge in [0.15, 0.2) is 0 Å². The zero-order chi connectivity index (χ0) is 13.2. The molecule has 0 aliphatic heterocycles. The highest BCUT2D eigenvalue weighted by Gasteiger charge is 2.36. The molecule has 1 aliphatic rings. The number of rotatable bonds is 3. The lowest BCUT2D eigenvalue weighted by Crippen LogP contribution is -2.29. The Morgan fingerprint density at radius 1 is 1.44 bits per heavy atom. The van der Waals surface area contributed by atoms with E-state index in [1.807, 2.05) is 6.07 Å². The van der Waals surface area contributed by atoms with E-state index in [9.17, 15) is 8.78 Å². The van der Waals surface area contributed by atoms with Crippen molar-refractivity contribution in [1.29, 1.82) is 0 Å². The maximum atomic E-state index is 13.2. The minimum Gasteiger partial charge on any atom is -0.492 e. The van der Waals surface area contributed by atoms with Crippen molar-refractivity contribution in [2.24, 2.45) is 5.92 Å². The van der Waals surface area contributed by atoms with Crippen molar-refractivity contribution >= 4 is 27.5 Å². The second-order valence-corrected chi connectivity index (χ2v) is 6.03. The molecule has 1 unspecified atom stereocenters. The largest absolute Gasteiger partial charge is 0.492 e. The highest BCUT2D eigenvalue weighted by molar-refractivity contribution is 9.10. The van der Waals surface area contributed by atoms with E-state index in [4.69, 9.17) is 16.3 Å². The number of hydrogen-bond acceptors (Lipinski definition) is 1. The normalized spacial score (nSPS) is 22.8. The Balaban J connectivity index is 1.93. The molecule has 100 valence electrons. The molecule has 2 rings (SSSR count). The lowest BCUT2D eigenvalue weighted by Gasteiger charge is -2.28. The fourth-order valence-corrected chi connectivity index (χ4v) is 2.73. The molecule has 0 aromatic heterocycles. The standard InChI is InChI=1S/C13H14BrClF2O/c14-10-3-4-11(15)12(6-10)18-8-9-2-1-5-13(16,17)7-9/h3-4,6,9H,1-2,5,7-8H2. The van der Waals surface area contributed by atoms with E-state index in [0.29, 0.717) is 23.8 Å². The molecule has 0 heterocycles. The van der Waals surface area contributed by atoms with Gasteiger partial charge in [0.1, 0.15) is 5.75 Å². The summed E-state index contributed by atoms with van der Waals surface area (Å²) >= 11 is 9.30. The Bertz CT molecular complexity index is 425. The molecule has 1 aromatic carbocycles. The molecule has 0 radical (unpaired) electrons. The molecule has 1 saturated carbocycles. The molecule has 1 nitrogen and oxygen atoms in total. The number of alkyl halides is 2.